The van der Waals surface area contributed by atoms with E-state index in [9.17, 15) is 0 Å². The monoisotopic (exact) mass is 345 g/mol. The molecule has 0 aliphatic heterocycles. The zero-order chi connectivity index (χ0) is 17.2. The molecule has 0 bridgehead atoms. The molecule has 4 heteroatoms. The molecule has 0 atom stereocenters. The minimum Gasteiger partial charge on any atom is -0.242 e. The van der Waals surface area contributed by atoms with Crippen molar-refractivity contribution >= 4 is 22.8 Å². The fourth-order valence-electron chi connectivity index (χ4n) is 2.82. The number of aryl methyl sites for hydroxylation is 1. The van der Waals surface area contributed by atoms with Crippen LogP contribution in [0.1, 0.15) is 12.5 Å². The van der Waals surface area contributed by atoms with E-state index < -0.39 is 0 Å². The lowest BCUT2D eigenvalue weighted by molar-refractivity contribution is 1.14. The second-order valence-corrected chi connectivity index (χ2v) is 6.20. The van der Waals surface area contributed by atoms with E-state index >= 15 is 0 Å². The fourth-order valence-corrected chi connectivity index (χ4v) is 2.96. The van der Waals surface area contributed by atoms with Crippen molar-refractivity contribution in [3.05, 3.63) is 77.4 Å². The maximum atomic E-state index is 6.03. The van der Waals surface area contributed by atoms with Crippen molar-refractivity contribution in [3.63, 3.8) is 0 Å². The first kappa shape index (κ1) is 15.7. The Morgan fingerprint density at radius 3 is 2.12 bits per heavy atom. The Morgan fingerprint density at radius 2 is 1.40 bits per heavy atom. The fraction of sp³-hybridized carbons (Fsp3) is 0.0952. The normalized spacial score (nSPS) is 11.0. The van der Waals surface area contributed by atoms with Crippen LogP contribution in [0.5, 0.6) is 0 Å². The molecule has 2 heterocycles. The van der Waals surface area contributed by atoms with Gasteiger partial charge in [-0.15, -0.1) is 0 Å². The third-order valence-corrected chi connectivity index (χ3v) is 4.39. The highest BCUT2D eigenvalue weighted by Crippen LogP contribution is 2.31. The van der Waals surface area contributed by atoms with E-state index in [-0.39, 0.29) is 0 Å². The largest absolute Gasteiger partial charge is 0.242 e. The third kappa shape index (κ3) is 3.11. The van der Waals surface area contributed by atoms with E-state index in [0.717, 1.165) is 34.5 Å². The van der Waals surface area contributed by atoms with Crippen molar-refractivity contribution in [2.75, 3.05) is 0 Å². The summed E-state index contributed by atoms with van der Waals surface area (Å²) in [5, 5.41) is 0.418. The van der Waals surface area contributed by atoms with Gasteiger partial charge in [-0.05, 0) is 24.1 Å². The molecule has 4 rings (SSSR count). The van der Waals surface area contributed by atoms with Crippen molar-refractivity contribution in [1.82, 2.24) is 15.0 Å². The quantitative estimate of drug-likeness (QED) is 0.455. The van der Waals surface area contributed by atoms with Crippen molar-refractivity contribution in [2.24, 2.45) is 0 Å². The molecule has 0 spiro atoms. The van der Waals surface area contributed by atoms with Gasteiger partial charge in [0.25, 0.3) is 0 Å². The maximum Gasteiger partial charge on any atom is 0.180 e. The standard InChI is InChI=1S/C21H16ClN3/c1-2-14-8-10-16(11-9-14)20-19(15-6-4-3-5-7-15)23-17-12-13-18(22)24-21(17)25-20/h3-13H,2H2,1H3. The van der Waals surface area contributed by atoms with Crippen LogP contribution >= 0.6 is 11.6 Å². The number of halogens is 1. The van der Waals surface area contributed by atoms with E-state index in [1.165, 1.54) is 5.56 Å². The van der Waals surface area contributed by atoms with Gasteiger partial charge < -0.3 is 0 Å². The van der Waals surface area contributed by atoms with Crippen molar-refractivity contribution < 1.29 is 0 Å². The number of hydrogen-bond donors (Lipinski definition) is 0. The highest BCUT2D eigenvalue weighted by atomic mass is 35.5. The molecular weight excluding hydrogens is 330 g/mol. The molecule has 0 saturated carbocycles. The van der Waals surface area contributed by atoms with Gasteiger partial charge in [0.05, 0.1) is 11.4 Å². The lowest BCUT2D eigenvalue weighted by atomic mass is 10.0. The van der Waals surface area contributed by atoms with Gasteiger partial charge in [-0.25, -0.2) is 15.0 Å². The highest BCUT2D eigenvalue weighted by molar-refractivity contribution is 6.29. The first-order chi connectivity index (χ1) is 12.2. The molecule has 2 aromatic heterocycles. The Kier molecular flexibility index (Phi) is 4.16. The summed E-state index contributed by atoms with van der Waals surface area (Å²) in [4.78, 5) is 13.9. The average Bonchev–Trinajstić information content (AvgIpc) is 2.67. The van der Waals surface area contributed by atoms with Crippen LogP contribution in [-0.2, 0) is 6.42 Å². The molecule has 0 fully saturated rings. The van der Waals surface area contributed by atoms with E-state index in [0.29, 0.717) is 10.8 Å². The van der Waals surface area contributed by atoms with Crippen molar-refractivity contribution in [3.8, 4) is 22.5 Å². The zero-order valence-corrected chi connectivity index (χ0v) is 14.5. The van der Waals surface area contributed by atoms with Crippen LogP contribution in [0.2, 0.25) is 5.15 Å². The summed E-state index contributed by atoms with van der Waals surface area (Å²) >= 11 is 6.03. The van der Waals surface area contributed by atoms with Gasteiger partial charge in [0.2, 0.25) is 0 Å². The molecule has 2 aromatic carbocycles. The molecule has 0 saturated heterocycles. The maximum absolute atomic E-state index is 6.03. The first-order valence-electron chi connectivity index (χ1n) is 8.23. The topological polar surface area (TPSA) is 38.7 Å². The zero-order valence-electron chi connectivity index (χ0n) is 13.8. The lowest BCUT2D eigenvalue weighted by Gasteiger charge is -2.10. The average molecular weight is 346 g/mol. The number of pyridine rings is 1. The molecule has 0 unspecified atom stereocenters. The Hall–Kier alpha value is -2.78. The van der Waals surface area contributed by atoms with Gasteiger partial charge in [-0.3, -0.25) is 0 Å². The van der Waals surface area contributed by atoms with Crippen molar-refractivity contribution in [2.45, 2.75) is 13.3 Å². The summed E-state index contributed by atoms with van der Waals surface area (Å²) in [5.74, 6) is 0. The van der Waals surface area contributed by atoms with Gasteiger partial charge in [-0.1, -0.05) is 73.1 Å². The highest BCUT2D eigenvalue weighted by Gasteiger charge is 2.14. The Bertz CT molecular complexity index is 1030. The summed E-state index contributed by atoms with van der Waals surface area (Å²) in [7, 11) is 0. The molecule has 0 radical (unpaired) electrons. The molecular formula is C21H16ClN3. The van der Waals surface area contributed by atoms with Gasteiger partial charge in [0.15, 0.2) is 5.65 Å². The van der Waals surface area contributed by atoms with Gasteiger partial charge >= 0.3 is 0 Å². The Balaban J connectivity index is 1.98. The Morgan fingerprint density at radius 1 is 0.720 bits per heavy atom. The number of benzene rings is 2. The molecule has 0 N–H and O–H groups in total. The van der Waals surface area contributed by atoms with Crippen LogP contribution in [0.15, 0.2) is 66.7 Å². The number of fused-ring (bicyclic) bond motifs is 1. The van der Waals surface area contributed by atoms with Crippen LogP contribution in [0.3, 0.4) is 0 Å². The first-order valence-corrected chi connectivity index (χ1v) is 8.61. The number of rotatable bonds is 3. The number of hydrogen-bond acceptors (Lipinski definition) is 3. The van der Waals surface area contributed by atoms with Crippen LogP contribution in [0, 0.1) is 0 Å². The van der Waals surface area contributed by atoms with Gasteiger partial charge in [-0.2, -0.15) is 0 Å². The summed E-state index contributed by atoms with van der Waals surface area (Å²) in [6, 6.07) is 22.1. The second-order valence-electron chi connectivity index (χ2n) is 5.81. The van der Waals surface area contributed by atoms with Crippen LogP contribution in [0.25, 0.3) is 33.7 Å². The summed E-state index contributed by atoms with van der Waals surface area (Å²) in [6.45, 7) is 2.14. The Labute approximate surface area is 151 Å². The predicted molar refractivity (Wildman–Crippen MR) is 103 cm³/mol. The van der Waals surface area contributed by atoms with Crippen LogP contribution in [-0.4, -0.2) is 15.0 Å². The van der Waals surface area contributed by atoms with Gasteiger partial charge in [0.1, 0.15) is 10.7 Å². The number of aromatic nitrogens is 3. The summed E-state index contributed by atoms with van der Waals surface area (Å²) in [6.07, 6.45) is 1.01. The molecule has 0 amide bonds. The van der Waals surface area contributed by atoms with E-state index in [2.05, 4.69) is 36.2 Å². The second kappa shape index (κ2) is 6.61. The minimum atomic E-state index is 0.418. The van der Waals surface area contributed by atoms with Crippen LogP contribution in [0.4, 0.5) is 0 Å². The number of nitrogens with zero attached hydrogens (tertiary/aromatic N) is 3. The van der Waals surface area contributed by atoms with E-state index in [1.54, 1.807) is 6.07 Å². The molecule has 0 aliphatic carbocycles. The molecule has 4 aromatic rings. The van der Waals surface area contributed by atoms with Crippen LogP contribution < -0.4 is 0 Å². The van der Waals surface area contributed by atoms with Gasteiger partial charge in [0, 0.05) is 11.1 Å². The van der Waals surface area contributed by atoms with E-state index in [1.807, 2.05) is 36.4 Å². The minimum absolute atomic E-state index is 0.418. The molecule has 3 nitrogen and oxygen atoms in total. The SMILES string of the molecule is CCc1ccc(-c2nc3nc(Cl)ccc3nc2-c2ccccc2)cc1. The predicted octanol–water partition coefficient (Wildman–Crippen LogP) is 5.57. The van der Waals surface area contributed by atoms with E-state index in [4.69, 9.17) is 21.6 Å². The third-order valence-electron chi connectivity index (χ3n) is 4.18. The smallest absolute Gasteiger partial charge is 0.180 e. The molecule has 122 valence electrons. The molecule has 0 aliphatic rings. The summed E-state index contributed by atoms with van der Waals surface area (Å²) < 4.78 is 0. The lowest BCUT2D eigenvalue weighted by Crippen LogP contribution is -1.97. The van der Waals surface area contributed by atoms with Crippen molar-refractivity contribution in [1.29, 1.82) is 0 Å². The summed E-state index contributed by atoms with van der Waals surface area (Å²) in [5.41, 5.74) is 6.30. The molecule has 25 heavy (non-hydrogen) atoms.